The number of hydrogen-bond donors (Lipinski definition) is 2. The maximum absolute atomic E-state index is 10.1. The summed E-state index contributed by atoms with van der Waals surface area (Å²) in [6.07, 6.45) is -0.496. The summed E-state index contributed by atoms with van der Waals surface area (Å²) in [6.45, 7) is 2.59. The lowest BCUT2D eigenvalue weighted by Crippen LogP contribution is -2.24. The molecule has 2 aromatic rings. The molecule has 2 atom stereocenters. The zero-order valence-corrected chi connectivity index (χ0v) is 11.9. The van der Waals surface area contributed by atoms with Crippen LogP contribution in [0.1, 0.15) is 30.2 Å². The second kappa shape index (κ2) is 7.08. The van der Waals surface area contributed by atoms with Crippen LogP contribution in [0.4, 0.5) is 0 Å². The lowest BCUT2D eigenvalue weighted by molar-refractivity contribution is 0.171. The molecule has 0 amide bonds. The highest BCUT2D eigenvalue weighted by Crippen LogP contribution is 2.19. The average Bonchev–Trinajstić information content (AvgIpc) is 2.53. The van der Waals surface area contributed by atoms with E-state index in [-0.39, 0.29) is 6.04 Å². The maximum atomic E-state index is 10.1. The highest BCUT2D eigenvalue weighted by Gasteiger charge is 2.10. The Kier molecular flexibility index (Phi) is 5.16. The summed E-state index contributed by atoms with van der Waals surface area (Å²) in [5, 5.41) is 13.5. The number of rotatable bonds is 6. The zero-order chi connectivity index (χ0) is 14.4. The van der Waals surface area contributed by atoms with Gasteiger partial charge in [0.05, 0.1) is 13.2 Å². The van der Waals surface area contributed by atoms with Gasteiger partial charge in [0.25, 0.3) is 0 Å². The molecule has 0 bridgehead atoms. The van der Waals surface area contributed by atoms with Gasteiger partial charge in [-0.05, 0) is 30.2 Å². The van der Waals surface area contributed by atoms with Crippen LogP contribution in [0.2, 0.25) is 0 Å². The minimum atomic E-state index is -0.496. The van der Waals surface area contributed by atoms with Gasteiger partial charge in [0.1, 0.15) is 5.75 Å². The van der Waals surface area contributed by atoms with Crippen molar-refractivity contribution in [1.29, 1.82) is 0 Å². The summed E-state index contributed by atoms with van der Waals surface area (Å²) >= 11 is 0. The largest absolute Gasteiger partial charge is 0.497 e. The first-order valence-corrected chi connectivity index (χ1v) is 6.81. The van der Waals surface area contributed by atoms with E-state index in [4.69, 9.17) is 4.74 Å². The van der Waals surface area contributed by atoms with Crippen LogP contribution in [0.5, 0.6) is 5.75 Å². The zero-order valence-electron chi connectivity index (χ0n) is 11.9. The van der Waals surface area contributed by atoms with Crippen molar-refractivity contribution in [1.82, 2.24) is 5.32 Å². The van der Waals surface area contributed by atoms with E-state index in [2.05, 4.69) is 18.3 Å². The lowest BCUT2D eigenvalue weighted by Gasteiger charge is -2.18. The van der Waals surface area contributed by atoms with Crippen LogP contribution in [0.25, 0.3) is 0 Å². The summed E-state index contributed by atoms with van der Waals surface area (Å²) in [5.41, 5.74) is 2.07. The Hall–Kier alpha value is -1.84. The molecule has 0 heterocycles. The van der Waals surface area contributed by atoms with Crippen LogP contribution in [-0.4, -0.2) is 18.8 Å². The van der Waals surface area contributed by atoms with E-state index in [1.54, 1.807) is 7.11 Å². The van der Waals surface area contributed by atoms with E-state index in [0.717, 1.165) is 16.9 Å². The van der Waals surface area contributed by atoms with Crippen molar-refractivity contribution in [3.8, 4) is 5.75 Å². The molecule has 2 rings (SSSR count). The normalized spacial score (nSPS) is 13.8. The van der Waals surface area contributed by atoms with E-state index >= 15 is 0 Å². The second-order valence-corrected chi connectivity index (χ2v) is 4.83. The Morgan fingerprint density at radius 3 is 2.45 bits per heavy atom. The third-order valence-electron chi connectivity index (χ3n) is 3.40. The number of ether oxygens (including phenoxy) is 1. The SMILES string of the molecule is COc1cccc([C@H](C)NCC(O)c2ccccc2)c1. The number of methoxy groups -OCH3 is 1. The van der Waals surface area contributed by atoms with E-state index in [1.165, 1.54) is 0 Å². The van der Waals surface area contributed by atoms with Gasteiger partial charge in [-0.3, -0.25) is 0 Å². The molecule has 0 fully saturated rings. The van der Waals surface area contributed by atoms with Crippen molar-refractivity contribution < 1.29 is 9.84 Å². The highest BCUT2D eigenvalue weighted by atomic mass is 16.5. The maximum Gasteiger partial charge on any atom is 0.119 e. The third-order valence-corrected chi connectivity index (χ3v) is 3.40. The average molecular weight is 271 g/mol. The smallest absolute Gasteiger partial charge is 0.119 e. The molecule has 2 aromatic carbocycles. The second-order valence-electron chi connectivity index (χ2n) is 4.83. The van der Waals surface area contributed by atoms with Crippen molar-refractivity contribution in [2.75, 3.05) is 13.7 Å². The van der Waals surface area contributed by atoms with Crippen LogP contribution < -0.4 is 10.1 Å². The number of hydrogen-bond acceptors (Lipinski definition) is 3. The number of nitrogens with one attached hydrogen (secondary N) is 1. The third kappa shape index (κ3) is 3.83. The van der Waals surface area contributed by atoms with Crippen molar-refractivity contribution in [3.63, 3.8) is 0 Å². The van der Waals surface area contributed by atoms with Gasteiger partial charge in [0, 0.05) is 12.6 Å². The minimum Gasteiger partial charge on any atom is -0.497 e. The summed E-state index contributed by atoms with van der Waals surface area (Å²) in [7, 11) is 1.66. The van der Waals surface area contributed by atoms with Gasteiger partial charge in [-0.1, -0.05) is 42.5 Å². The predicted octanol–water partition coefficient (Wildman–Crippen LogP) is 3.08. The molecule has 2 N–H and O–H groups in total. The standard InChI is InChI=1S/C17H21NO2/c1-13(15-9-6-10-16(11-15)20-2)18-12-17(19)14-7-4-3-5-8-14/h3-11,13,17-19H,12H2,1-2H3/t13-,17?/m0/s1. The Bertz CT molecular complexity index is 528. The van der Waals surface area contributed by atoms with Crippen LogP contribution in [0, 0.1) is 0 Å². The molecule has 0 aromatic heterocycles. The molecule has 0 radical (unpaired) electrons. The van der Waals surface area contributed by atoms with Crippen molar-refractivity contribution in [3.05, 3.63) is 65.7 Å². The molecule has 0 aliphatic rings. The Labute approximate surface area is 120 Å². The predicted molar refractivity (Wildman–Crippen MR) is 80.8 cm³/mol. The molecule has 3 heteroatoms. The highest BCUT2D eigenvalue weighted by molar-refractivity contribution is 5.30. The first-order chi connectivity index (χ1) is 9.70. The molecule has 0 aliphatic carbocycles. The quantitative estimate of drug-likeness (QED) is 0.848. The van der Waals surface area contributed by atoms with Gasteiger partial charge < -0.3 is 15.2 Å². The fourth-order valence-corrected chi connectivity index (χ4v) is 2.11. The number of aliphatic hydroxyl groups excluding tert-OH is 1. The molecule has 1 unspecified atom stereocenters. The summed E-state index contributed by atoms with van der Waals surface area (Å²) < 4.78 is 5.22. The van der Waals surface area contributed by atoms with Crippen molar-refractivity contribution in [2.24, 2.45) is 0 Å². The van der Waals surface area contributed by atoms with E-state index in [1.807, 2.05) is 48.5 Å². The van der Waals surface area contributed by atoms with Gasteiger partial charge in [-0.2, -0.15) is 0 Å². The fourth-order valence-electron chi connectivity index (χ4n) is 2.11. The first-order valence-electron chi connectivity index (χ1n) is 6.81. The molecular weight excluding hydrogens is 250 g/mol. The van der Waals surface area contributed by atoms with Crippen LogP contribution in [-0.2, 0) is 0 Å². The molecule has 0 aliphatic heterocycles. The summed E-state index contributed by atoms with van der Waals surface area (Å²) in [5.74, 6) is 0.847. The molecule has 0 spiro atoms. The summed E-state index contributed by atoms with van der Waals surface area (Å²) in [6, 6.07) is 17.8. The topological polar surface area (TPSA) is 41.5 Å². The fraction of sp³-hybridized carbons (Fsp3) is 0.294. The molecular formula is C17H21NO2. The molecule has 3 nitrogen and oxygen atoms in total. The minimum absolute atomic E-state index is 0.156. The van der Waals surface area contributed by atoms with Crippen LogP contribution >= 0.6 is 0 Å². The monoisotopic (exact) mass is 271 g/mol. The molecule has 0 saturated heterocycles. The first kappa shape index (κ1) is 14.6. The van der Waals surface area contributed by atoms with Crippen molar-refractivity contribution in [2.45, 2.75) is 19.1 Å². The van der Waals surface area contributed by atoms with Gasteiger partial charge in [0.2, 0.25) is 0 Å². The van der Waals surface area contributed by atoms with E-state index in [0.29, 0.717) is 6.54 Å². The van der Waals surface area contributed by atoms with Crippen molar-refractivity contribution >= 4 is 0 Å². The number of benzene rings is 2. The van der Waals surface area contributed by atoms with Gasteiger partial charge in [-0.15, -0.1) is 0 Å². The van der Waals surface area contributed by atoms with Gasteiger partial charge >= 0.3 is 0 Å². The van der Waals surface area contributed by atoms with E-state index < -0.39 is 6.10 Å². The lowest BCUT2D eigenvalue weighted by atomic mass is 10.1. The van der Waals surface area contributed by atoms with Gasteiger partial charge in [-0.25, -0.2) is 0 Å². The summed E-state index contributed by atoms with van der Waals surface area (Å²) in [4.78, 5) is 0. The number of aliphatic hydroxyl groups is 1. The molecule has 20 heavy (non-hydrogen) atoms. The Balaban J connectivity index is 1.93. The Morgan fingerprint density at radius 2 is 1.75 bits per heavy atom. The van der Waals surface area contributed by atoms with Gasteiger partial charge in [0.15, 0.2) is 0 Å². The molecule has 0 saturated carbocycles. The Morgan fingerprint density at radius 1 is 1.05 bits per heavy atom. The van der Waals surface area contributed by atoms with E-state index in [9.17, 15) is 5.11 Å². The molecule has 106 valence electrons. The van der Waals surface area contributed by atoms with Crippen LogP contribution in [0.3, 0.4) is 0 Å². The van der Waals surface area contributed by atoms with Crippen LogP contribution in [0.15, 0.2) is 54.6 Å².